The average molecular weight is 298 g/mol. The number of hydrogen-bond acceptors (Lipinski definition) is 2. The molecule has 3 fully saturated rings. The molecule has 1 aromatic rings. The Kier molecular flexibility index (Phi) is 3.43. The molecule has 3 nitrogen and oxygen atoms in total. The number of rotatable bonds is 2. The van der Waals surface area contributed by atoms with Crippen molar-refractivity contribution in [2.75, 3.05) is 19.6 Å². The van der Waals surface area contributed by atoms with Gasteiger partial charge >= 0.3 is 6.18 Å². The summed E-state index contributed by atoms with van der Waals surface area (Å²) < 4.78 is 38.1. The molecule has 3 aliphatic rings. The lowest BCUT2D eigenvalue weighted by Gasteiger charge is -2.61. The largest absolute Gasteiger partial charge is 0.401 e. The number of fused-ring (bicyclic) bond motifs is 2. The van der Waals surface area contributed by atoms with Gasteiger partial charge in [-0.15, -0.1) is 0 Å². The fourth-order valence-electron chi connectivity index (χ4n) is 3.59. The molecule has 0 aromatic heterocycles. The number of carbonyl (C=O) groups is 1. The van der Waals surface area contributed by atoms with Gasteiger partial charge in [-0.25, -0.2) is 0 Å². The first kappa shape index (κ1) is 14.4. The van der Waals surface area contributed by atoms with E-state index in [1.165, 1.54) is 11.8 Å². The van der Waals surface area contributed by atoms with Crippen molar-refractivity contribution in [1.82, 2.24) is 9.80 Å². The molecule has 0 unspecified atom stereocenters. The summed E-state index contributed by atoms with van der Waals surface area (Å²) in [6.45, 7) is 1.33. The van der Waals surface area contributed by atoms with Crippen LogP contribution in [0.15, 0.2) is 30.3 Å². The molecular weight excluding hydrogens is 281 g/mol. The second-order valence-electron chi connectivity index (χ2n) is 5.78. The summed E-state index contributed by atoms with van der Waals surface area (Å²) in [5.74, 6) is 0.0207. The number of piperidine rings is 1. The molecule has 0 N–H and O–H groups in total. The van der Waals surface area contributed by atoms with Crippen LogP contribution in [-0.4, -0.2) is 53.6 Å². The summed E-state index contributed by atoms with van der Waals surface area (Å²) >= 11 is 0. The summed E-state index contributed by atoms with van der Waals surface area (Å²) in [5.41, 5.74) is 1.06. The number of benzene rings is 1. The topological polar surface area (TPSA) is 23.6 Å². The highest BCUT2D eigenvalue weighted by molar-refractivity contribution is 5.73. The predicted octanol–water partition coefficient (Wildman–Crippen LogP) is 2.25. The van der Waals surface area contributed by atoms with Crippen molar-refractivity contribution < 1.29 is 18.0 Å². The molecular formula is C15H17F3N2O. The lowest BCUT2D eigenvalue weighted by atomic mass is 9.71. The second kappa shape index (κ2) is 5.02. The molecule has 0 radical (unpaired) electrons. The number of halogens is 3. The van der Waals surface area contributed by atoms with Gasteiger partial charge in [0.25, 0.3) is 0 Å². The summed E-state index contributed by atoms with van der Waals surface area (Å²) in [7, 11) is 0. The minimum atomic E-state index is -4.20. The second-order valence-corrected chi connectivity index (χ2v) is 5.78. The summed E-state index contributed by atoms with van der Waals surface area (Å²) in [6, 6.07) is 9.14. The Hall–Kier alpha value is -1.56. The van der Waals surface area contributed by atoms with Crippen LogP contribution in [0.3, 0.4) is 0 Å². The van der Waals surface area contributed by atoms with Gasteiger partial charge in [0, 0.05) is 38.0 Å². The van der Waals surface area contributed by atoms with Crippen LogP contribution in [0.4, 0.5) is 13.2 Å². The van der Waals surface area contributed by atoms with Gasteiger partial charge in [0.1, 0.15) is 0 Å². The van der Waals surface area contributed by atoms with Crippen molar-refractivity contribution in [2.45, 2.75) is 31.1 Å². The number of nitrogens with zero attached hydrogens (tertiary/aromatic N) is 2. The van der Waals surface area contributed by atoms with Crippen LogP contribution >= 0.6 is 0 Å². The van der Waals surface area contributed by atoms with Crippen LogP contribution in [0.2, 0.25) is 0 Å². The number of alkyl halides is 3. The maximum atomic E-state index is 12.7. The standard InChI is InChI=1S/C15H17F3N2O/c1-10(21)19-7-12-14(11-5-3-2-4-6-11)13(8-19)20(12)9-15(16,17)18/h2-6,12-14H,7-9H2,1H3/t12-,13-/m1/s1. The van der Waals surface area contributed by atoms with Crippen LogP contribution in [-0.2, 0) is 4.79 Å². The van der Waals surface area contributed by atoms with Crippen molar-refractivity contribution in [1.29, 1.82) is 0 Å². The third-order valence-corrected chi connectivity index (χ3v) is 4.49. The van der Waals surface area contributed by atoms with E-state index in [9.17, 15) is 18.0 Å². The molecule has 1 aromatic carbocycles. The molecule has 4 rings (SSSR count). The van der Waals surface area contributed by atoms with Crippen LogP contribution in [0.5, 0.6) is 0 Å². The van der Waals surface area contributed by atoms with E-state index in [-0.39, 0.29) is 23.9 Å². The van der Waals surface area contributed by atoms with E-state index < -0.39 is 12.7 Å². The van der Waals surface area contributed by atoms with Gasteiger partial charge in [-0.1, -0.05) is 30.3 Å². The van der Waals surface area contributed by atoms with E-state index in [1.807, 2.05) is 30.3 Å². The number of hydrogen-bond donors (Lipinski definition) is 0. The van der Waals surface area contributed by atoms with E-state index >= 15 is 0 Å². The van der Waals surface area contributed by atoms with Crippen LogP contribution < -0.4 is 0 Å². The van der Waals surface area contributed by atoms with Crippen LogP contribution in [0.1, 0.15) is 18.4 Å². The third-order valence-electron chi connectivity index (χ3n) is 4.49. The molecule has 2 bridgehead atoms. The Bertz CT molecular complexity index is 517. The lowest BCUT2D eigenvalue weighted by molar-refractivity contribution is -0.196. The molecule has 6 heteroatoms. The quantitative estimate of drug-likeness (QED) is 0.836. The van der Waals surface area contributed by atoms with E-state index in [0.717, 1.165) is 5.56 Å². The molecule has 1 amide bonds. The molecule has 21 heavy (non-hydrogen) atoms. The van der Waals surface area contributed by atoms with Gasteiger partial charge < -0.3 is 4.90 Å². The van der Waals surface area contributed by atoms with E-state index in [2.05, 4.69) is 0 Å². The van der Waals surface area contributed by atoms with Gasteiger partial charge in [-0.3, -0.25) is 9.69 Å². The number of piperazine rings is 1. The molecule has 3 heterocycles. The van der Waals surface area contributed by atoms with Crippen molar-refractivity contribution in [3.05, 3.63) is 35.9 Å². The van der Waals surface area contributed by atoms with E-state index in [4.69, 9.17) is 0 Å². The first-order valence-corrected chi connectivity index (χ1v) is 7.00. The molecule has 3 aliphatic heterocycles. The molecule has 2 atom stereocenters. The van der Waals surface area contributed by atoms with Crippen LogP contribution in [0, 0.1) is 0 Å². The lowest BCUT2D eigenvalue weighted by Crippen LogP contribution is -2.74. The Morgan fingerprint density at radius 3 is 2.24 bits per heavy atom. The van der Waals surface area contributed by atoms with Crippen molar-refractivity contribution in [2.24, 2.45) is 0 Å². The van der Waals surface area contributed by atoms with Crippen molar-refractivity contribution in [3.63, 3.8) is 0 Å². The molecule has 3 saturated heterocycles. The summed E-state index contributed by atoms with van der Waals surface area (Å²) in [4.78, 5) is 14.6. The minimum Gasteiger partial charge on any atom is -0.340 e. The maximum Gasteiger partial charge on any atom is 0.401 e. The van der Waals surface area contributed by atoms with Gasteiger partial charge in [0.2, 0.25) is 5.91 Å². The zero-order valence-corrected chi connectivity index (χ0v) is 11.7. The highest BCUT2D eigenvalue weighted by Gasteiger charge is 2.56. The van der Waals surface area contributed by atoms with E-state index in [0.29, 0.717) is 13.1 Å². The van der Waals surface area contributed by atoms with Crippen LogP contribution in [0.25, 0.3) is 0 Å². The fourth-order valence-corrected chi connectivity index (χ4v) is 3.59. The number of carbonyl (C=O) groups excluding carboxylic acids is 1. The minimum absolute atomic E-state index is 0.0665. The predicted molar refractivity (Wildman–Crippen MR) is 71.8 cm³/mol. The Labute approximate surface area is 121 Å². The zero-order valence-electron chi connectivity index (χ0n) is 11.7. The van der Waals surface area contributed by atoms with Gasteiger partial charge in [-0.05, 0) is 5.56 Å². The molecule has 114 valence electrons. The maximum absolute atomic E-state index is 12.7. The Morgan fingerprint density at radius 2 is 1.76 bits per heavy atom. The smallest absolute Gasteiger partial charge is 0.340 e. The number of amides is 1. The van der Waals surface area contributed by atoms with Gasteiger partial charge in [0.05, 0.1) is 6.54 Å². The molecule has 0 saturated carbocycles. The fraction of sp³-hybridized carbons (Fsp3) is 0.533. The van der Waals surface area contributed by atoms with Crippen molar-refractivity contribution >= 4 is 5.91 Å². The zero-order chi connectivity index (χ0) is 15.2. The summed E-state index contributed by atoms with van der Waals surface area (Å²) in [5, 5.41) is 0. The monoisotopic (exact) mass is 298 g/mol. The molecule has 0 spiro atoms. The Balaban J connectivity index is 1.81. The van der Waals surface area contributed by atoms with E-state index in [1.54, 1.807) is 4.90 Å². The first-order chi connectivity index (χ1) is 9.87. The SMILES string of the molecule is CC(=O)N1C[C@@H]2C(c3ccccc3)[C@@H](C1)N2CC(F)(F)F. The average Bonchev–Trinajstić information content (AvgIpc) is 2.44. The summed E-state index contributed by atoms with van der Waals surface area (Å²) in [6.07, 6.45) is -4.20. The van der Waals surface area contributed by atoms with Crippen molar-refractivity contribution in [3.8, 4) is 0 Å². The van der Waals surface area contributed by atoms with Gasteiger partial charge in [-0.2, -0.15) is 13.2 Å². The molecule has 0 aliphatic carbocycles. The highest BCUT2D eigenvalue weighted by atomic mass is 19.4. The normalized spacial score (nSPS) is 29.1. The Morgan fingerprint density at radius 1 is 1.19 bits per heavy atom. The van der Waals surface area contributed by atoms with Gasteiger partial charge in [0.15, 0.2) is 0 Å². The first-order valence-electron chi connectivity index (χ1n) is 7.00. The highest BCUT2D eigenvalue weighted by Crippen LogP contribution is 2.45. The third kappa shape index (κ3) is 2.64.